The average Bonchev–Trinajstić information content (AvgIpc) is 2.18. The quantitative estimate of drug-likeness (QED) is 0.594. The summed E-state index contributed by atoms with van der Waals surface area (Å²) in [6, 6.07) is 3.03. The Morgan fingerprint density at radius 1 is 1.17 bits per heavy atom. The van der Waals surface area contributed by atoms with Gasteiger partial charge in [-0.3, -0.25) is 0 Å². The molecule has 0 fully saturated rings. The number of rotatable bonds is 2. The first kappa shape index (κ1) is 14.5. The van der Waals surface area contributed by atoms with Gasteiger partial charge in [0.1, 0.15) is 0 Å². The summed E-state index contributed by atoms with van der Waals surface area (Å²) >= 11 is -5.16. The molecule has 2 amide bonds. The second-order valence-electron chi connectivity index (χ2n) is 3.59. The number of benzene rings is 1. The molecule has 8 heteroatoms. The Morgan fingerprint density at radius 2 is 1.67 bits per heavy atom. The predicted molar refractivity (Wildman–Crippen MR) is 62.5 cm³/mol. The van der Waals surface area contributed by atoms with Gasteiger partial charge in [0.25, 0.3) is 0 Å². The fraction of sp³-hybridized carbons (Fsp3) is 0.200. The van der Waals surface area contributed by atoms with Crippen LogP contribution in [0, 0.1) is 0 Å². The van der Waals surface area contributed by atoms with Crippen LogP contribution in [-0.2, 0) is 13.3 Å². The summed E-state index contributed by atoms with van der Waals surface area (Å²) in [4.78, 5) is 23.3. The van der Waals surface area contributed by atoms with Gasteiger partial charge in [-0.2, -0.15) is 0 Å². The molecule has 1 rings (SSSR count). The van der Waals surface area contributed by atoms with E-state index in [9.17, 15) is 18.4 Å². The van der Waals surface area contributed by atoms with E-state index >= 15 is 0 Å². The van der Waals surface area contributed by atoms with E-state index in [-0.39, 0.29) is 10.0 Å². The molecule has 0 saturated heterocycles. The van der Waals surface area contributed by atoms with Crippen molar-refractivity contribution >= 4 is 36.0 Å². The number of aromatic hydroxyl groups is 1. The molecule has 0 radical (unpaired) electrons. The van der Waals surface area contributed by atoms with Crippen LogP contribution in [0.2, 0.25) is 0 Å². The number of nitrogens with zero attached hydrogens (tertiary/aromatic N) is 1. The fourth-order valence-corrected chi connectivity index (χ4v) is 2.61. The molecule has 0 aromatic heterocycles. The van der Waals surface area contributed by atoms with Crippen molar-refractivity contribution in [2.45, 2.75) is 13.8 Å². The minimum absolute atomic E-state index is 0.239. The molecular formula is C10H12AsNO6. The fourth-order valence-electron chi connectivity index (χ4n) is 1.43. The van der Waals surface area contributed by atoms with Gasteiger partial charge < -0.3 is 0 Å². The molecule has 0 saturated carbocycles. The van der Waals surface area contributed by atoms with Gasteiger partial charge in [-0.1, -0.05) is 0 Å². The van der Waals surface area contributed by atoms with Crippen LogP contribution in [0.3, 0.4) is 0 Å². The molecule has 0 aliphatic heterocycles. The van der Waals surface area contributed by atoms with Gasteiger partial charge in [-0.05, 0) is 0 Å². The number of hydrogen-bond acceptors (Lipinski definition) is 4. The molecule has 18 heavy (non-hydrogen) atoms. The summed E-state index contributed by atoms with van der Waals surface area (Å²) in [6.45, 7) is 2.21. The van der Waals surface area contributed by atoms with Gasteiger partial charge >= 0.3 is 105 Å². The van der Waals surface area contributed by atoms with E-state index in [0.717, 1.165) is 32.0 Å². The van der Waals surface area contributed by atoms with Gasteiger partial charge in [-0.15, -0.1) is 0 Å². The number of amides is 2. The van der Waals surface area contributed by atoms with Crippen molar-refractivity contribution in [1.82, 2.24) is 0 Å². The molecule has 0 heterocycles. The van der Waals surface area contributed by atoms with E-state index in [4.69, 9.17) is 8.19 Å². The van der Waals surface area contributed by atoms with E-state index in [1.165, 1.54) is 0 Å². The first-order chi connectivity index (χ1) is 8.14. The summed E-state index contributed by atoms with van der Waals surface area (Å²) in [5.74, 6) is -1.73. The van der Waals surface area contributed by atoms with Gasteiger partial charge in [0.05, 0.1) is 0 Å². The normalized spacial score (nSPS) is 11.1. The Hall–Kier alpha value is -1.56. The predicted octanol–water partition coefficient (Wildman–Crippen LogP) is -1.15. The Kier molecular flexibility index (Phi) is 4.01. The van der Waals surface area contributed by atoms with Crippen molar-refractivity contribution in [3.63, 3.8) is 0 Å². The second-order valence-corrected chi connectivity index (χ2v) is 6.96. The van der Waals surface area contributed by atoms with Crippen molar-refractivity contribution in [3.8, 4) is 5.75 Å². The van der Waals surface area contributed by atoms with E-state index in [1.807, 2.05) is 0 Å². The SMILES string of the molecule is CC(=O)N(C(C)=O)c1cc([As](=O)(O)O)ccc1O. The van der Waals surface area contributed by atoms with E-state index in [1.54, 1.807) is 0 Å². The van der Waals surface area contributed by atoms with Crippen LogP contribution in [0.4, 0.5) is 5.69 Å². The van der Waals surface area contributed by atoms with E-state index in [0.29, 0.717) is 4.90 Å². The standard InChI is InChI=1S/C10H12AsNO6/c1-6(13)12(7(2)14)9-5-8(11(16,17)18)3-4-10(9)15/h3-5,15H,1-2H3,(H2,16,17,18). The van der Waals surface area contributed by atoms with Crippen LogP contribution in [0.25, 0.3) is 0 Å². The Morgan fingerprint density at radius 3 is 2.06 bits per heavy atom. The molecule has 1 aromatic rings. The average molecular weight is 317 g/mol. The minimum atomic E-state index is -5.16. The van der Waals surface area contributed by atoms with Crippen LogP contribution in [0.5, 0.6) is 5.75 Å². The molecule has 0 aliphatic rings. The first-order valence-corrected chi connectivity index (χ1v) is 8.23. The zero-order valence-corrected chi connectivity index (χ0v) is 11.6. The summed E-state index contributed by atoms with van der Waals surface area (Å²) in [7, 11) is 0. The third-order valence-corrected chi connectivity index (χ3v) is 4.16. The van der Waals surface area contributed by atoms with Crippen molar-refractivity contribution in [2.75, 3.05) is 4.90 Å². The van der Waals surface area contributed by atoms with Gasteiger partial charge in [-0.25, -0.2) is 0 Å². The number of imide groups is 1. The maximum atomic E-state index is 11.3. The van der Waals surface area contributed by atoms with Crippen LogP contribution >= 0.6 is 0 Å². The first-order valence-electron chi connectivity index (χ1n) is 4.85. The summed E-state index contributed by atoms with van der Waals surface area (Å²) in [6.07, 6.45) is 0. The van der Waals surface area contributed by atoms with Crippen molar-refractivity contribution in [3.05, 3.63) is 18.2 Å². The third kappa shape index (κ3) is 3.01. The topological polar surface area (TPSA) is 115 Å². The van der Waals surface area contributed by atoms with Gasteiger partial charge in [0.15, 0.2) is 0 Å². The summed E-state index contributed by atoms with van der Waals surface area (Å²) < 4.78 is 28.9. The molecule has 3 N–H and O–H groups in total. The van der Waals surface area contributed by atoms with Crippen LogP contribution in [0.1, 0.15) is 13.8 Å². The second kappa shape index (κ2) is 4.97. The molecule has 1 aromatic carbocycles. The number of phenols is 1. The molecule has 0 spiro atoms. The van der Waals surface area contributed by atoms with Crippen molar-refractivity contribution < 1.29 is 26.6 Å². The van der Waals surface area contributed by atoms with Gasteiger partial charge in [0.2, 0.25) is 0 Å². The number of anilines is 1. The number of hydrogen-bond donors (Lipinski definition) is 3. The third-order valence-electron chi connectivity index (χ3n) is 2.17. The van der Waals surface area contributed by atoms with Crippen molar-refractivity contribution in [2.24, 2.45) is 0 Å². The zero-order chi connectivity index (χ0) is 14.1. The summed E-state index contributed by atoms with van der Waals surface area (Å²) in [5, 5.41) is 9.58. The molecule has 7 nitrogen and oxygen atoms in total. The molecule has 0 unspecified atom stereocenters. The van der Waals surface area contributed by atoms with Crippen LogP contribution in [0.15, 0.2) is 18.2 Å². The van der Waals surface area contributed by atoms with E-state index in [2.05, 4.69) is 0 Å². The summed E-state index contributed by atoms with van der Waals surface area (Å²) in [5.41, 5.74) is -0.239. The Labute approximate surface area is 106 Å². The molecule has 0 bridgehead atoms. The number of carbonyl (C=O) groups is 2. The van der Waals surface area contributed by atoms with Crippen LogP contribution in [-0.4, -0.2) is 39.3 Å². The van der Waals surface area contributed by atoms with Crippen molar-refractivity contribution in [1.29, 1.82) is 0 Å². The maximum absolute atomic E-state index is 11.3. The Bertz CT molecular complexity index is 535. The monoisotopic (exact) mass is 317 g/mol. The Balaban J connectivity index is 3.43. The number of phenolic OH excluding ortho intramolecular Hbond substituents is 1. The number of carbonyl (C=O) groups excluding carboxylic acids is 2. The van der Waals surface area contributed by atoms with E-state index < -0.39 is 31.7 Å². The molecular weight excluding hydrogens is 305 g/mol. The molecule has 0 atom stereocenters. The molecule has 0 aliphatic carbocycles. The van der Waals surface area contributed by atoms with Gasteiger partial charge in [0, 0.05) is 0 Å². The zero-order valence-electron chi connectivity index (χ0n) is 9.69. The van der Waals surface area contributed by atoms with Crippen LogP contribution < -0.4 is 9.25 Å². The molecule has 98 valence electrons.